The Labute approximate surface area is 110 Å². The van der Waals surface area contributed by atoms with Crippen LogP contribution in [0.5, 0.6) is 0 Å². The lowest BCUT2D eigenvalue weighted by Gasteiger charge is -2.25. The molecule has 1 aromatic carbocycles. The second kappa shape index (κ2) is 5.31. The first-order chi connectivity index (χ1) is 9.33. The zero-order valence-corrected chi connectivity index (χ0v) is 10.4. The molecule has 2 N–H and O–H groups in total. The van der Waals surface area contributed by atoms with Gasteiger partial charge in [-0.25, -0.2) is 9.07 Å². The highest BCUT2D eigenvalue weighted by molar-refractivity contribution is 5.52. The standard InChI is InChI=1S/C12H15FN6/c13-11-4-3-10(19-8-15-17-18-19)6-12(11)16-9-2-1-5-14-7-9/h3-4,6,8-9,14,16H,1-2,5,7H2. The van der Waals surface area contributed by atoms with Crippen molar-refractivity contribution in [1.29, 1.82) is 0 Å². The number of hydrogen-bond donors (Lipinski definition) is 2. The SMILES string of the molecule is Fc1ccc(-n2cnnn2)cc1NC1CCCNC1. The molecule has 1 fully saturated rings. The van der Waals surface area contributed by atoms with Crippen LogP contribution in [0, 0.1) is 5.82 Å². The zero-order chi connectivity index (χ0) is 13.1. The zero-order valence-electron chi connectivity index (χ0n) is 10.4. The Morgan fingerprint density at radius 3 is 3.11 bits per heavy atom. The van der Waals surface area contributed by atoms with E-state index in [0.717, 1.165) is 31.6 Å². The first-order valence-electron chi connectivity index (χ1n) is 6.33. The quantitative estimate of drug-likeness (QED) is 0.862. The summed E-state index contributed by atoms with van der Waals surface area (Å²) in [6.07, 6.45) is 3.63. The highest BCUT2D eigenvalue weighted by Gasteiger charge is 2.15. The van der Waals surface area contributed by atoms with E-state index >= 15 is 0 Å². The molecular formula is C12H15FN6. The van der Waals surface area contributed by atoms with E-state index in [0.29, 0.717) is 5.69 Å². The normalized spacial score (nSPS) is 19.3. The average molecular weight is 262 g/mol. The van der Waals surface area contributed by atoms with Gasteiger partial charge in [0.25, 0.3) is 0 Å². The number of hydrogen-bond acceptors (Lipinski definition) is 5. The predicted molar refractivity (Wildman–Crippen MR) is 68.6 cm³/mol. The molecule has 1 aliphatic rings. The molecule has 1 aromatic heterocycles. The minimum absolute atomic E-state index is 0.257. The molecule has 2 heterocycles. The first kappa shape index (κ1) is 12.0. The molecule has 6 nitrogen and oxygen atoms in total. The fraction of sp³-hybridized carbons (Fsp3) is 0.417. The van der Waals surface area contributed by atoms with E-state index in [1.807, 2.05) is 0 Å². The number of anilines is 1. The van der Waals surface area contributed by atoms with Crippen LogP contribution in [0.2, 0.25) is 0 Å². The summed E-state index contributed by atoms with van der Waals surface area (Å²) in [6.45, 7) is 1.89. The number of benzene rings is 1. The van der Waals surface area contributed by atoms with Crippen molar-refractivity contribution >= 4 is 5.69 Å². The van der Waals surface area contributed by atoms with Crippen molar-refractivity contribution < 1.29 is 4.39 Å². The molecule has 19 heavy (non-hydrogen) atoms. The number of nitrogens with zero attached hydrogens (tertiary/aromatic N) is 4. The van der Waals surface area contributed by atoms with Crippen molar-refractivity contribution in [2.45, 2.75) is 18.9 Å². The minimum Gasteiger partial charge on any atom is -0.379 e. The van der Waals surface area contributed by atoms with Crippen LogP contribution < -0.4 is 10.6 Å². The molecular weight excluding hydrogens is 247 g/mol. The first-order valence-corrected chi connectivity index (χ1v) is 6.33. The van der Waals surface area contributed by atoms with Gasteiger partial charge in [-0.15, -0.1) is 5.10 Å². The summed E-state index contributed by atoms with van der Waals surface area (Å²) < 4.78 is 15.3. The highest BCUT2D eigenvalue weighted by Crippen LogP contribution is 2.20. The van der Waals surface area contributed by atoms with Crippen LogP contribution in [0.3, 0.4) is 0 Å². The molecule has 0 aliphatic carbocycles. The number of piperidine rings is 1. The van der Waals surface area contributed by atoms with Gasteiger partial charge in [-0.2, -0.15) is 0 Å². The molecule has 2 aromatic rings. The van der Waals surface area contributed by atoms with Crippen LogP contribution in [0.25, 0.3) is 5.69 Å². The van der Waals surface area contributed by atoms with Gasteiger partial charge in [-0.3, -0.25) is 0 Å². The summed E-state index contributed by atoms with van der Waals surface area (Å²) in [4.78, 5) is 0. The summed E-state index contributed by atoms with van der Waals surface area (Å²) in [5.74, 6) is -0.262. The molecule has 0 radical (unpaired) electrons. The van der Waals surface area contributed by atoms with E-state index in [9.17, 15) is 4.39 Å². The fourth-order valence-corrected chi connectivity index (χ4v) is 2.24. The van der Waals surface area contributed by atoms with Gasteiger partial charge < -0.3 is 10.6 Å². The molecule has 100 valence electrons. The largest absolute Gasteiger partial charge is 0.379 e. The van der Waals surface area contributed by atoms with Gasteiger partial charge in [-0.05, 0) is 48.0 Å². The monoisotopic (exact) mass is 262 g/mol. The van der Waals surface area contributed by atoms with Crippen LogP contribution >= 0.6 is 0 Å². The lowest BCUT2D eigenvalue weighted by Crippen LogP contribution is -2.38. The molecule has 3 rings (SSSR count). The topological polar surface area (TPSA) is 67.7 Å². The van der Waals surface area contributed by atoms with Gasteiger partial charge in [-0.1, -0.05) is 0 Å². The molecule has 1 saturated heterocycles. The maximum Gasteiger partial charge on any atom is 0.146 e. The summed E-state index contributed by atoms with van der Waals surface area (Å²) in [7, 11) is 0. The van der Waals surface area contributed by atoms with Gasteiger partial charge in [0.1, 0.15) is 12.1 Å². The van der Waals surface area contributed by atoms with E-state index in [1.54, 1.807) is 12.1 Å². The maximum absolute atomic E-state index is 13.8. The Bertz CT molecular complexity index is 535. The molecule has 0 saturated carbocycles. The van der Waals surface area contributed by atoms with Gasteiger partial charge in [0.05, 0.1) is 11.4 Å². The van der Waals surface area contributed by atoms with E-state index in [-0.39, 0.29) is 11.9 Å². The van der Waals surface area contributed by atoms with E-state index in [1.165, 1.54) is 17.1 Å². The third kappa shape index (κ3) is 2.70. The van der Waals surface area contributed by atoms with Crippen LogP contribution in [0.4, 0.5) is 10.1 Å². The van der Waals surface area contributed by atoms with E-state index < -0.39 is 0 Å². The Morgan fingerprint density at radius 1 is 1.42 bits per heavy atom. The molecule has 0 amide bonds. The second-order valence-electron chi connectivity index (χ2n) is 4.61. The summed E-state index contributed by atoms with van der Waals surface area (Å²) in [6, 6.07) is 5.05. The smallest absolute Gasteiger partial charge is 0.146 e. The average Bonchev–Trinajstić information content (AvgIpc) is 2.96. The van der Waals surface area contributed by atoms with Crippen LogP contribution in [-0.2, 0) is 0 Å². The van der Waals surface area contributed by atoms with Gasteiger partial charge >= 0.3 is 0 Å². The Kier molecular flexibility index (Phi) is 3.37. The van der Waals surface area contributed by atoms with E-state index in [4.69, 9.17) is 0 Å². The van der Waals surface area contributed by atoms with Crippen molar-refractivity contribution in [3.8, 4) is 5.69 Å². The molecule has 1 aliphatic heterocycles. The van der Waals surface area contributed by atoms with Crippen LogP contribution in [0.15, 0.2) is 24.5 Å². The second-order valence-corrected chi connectivity index (χ2v) is 4.61. The van der Waals surface area contributed by atoms with Gasteiger partial charge in [0.15, 0.2) is 0 Å². The van der Waals surface area contributed by atoms with Gasteiger partial charge in [0.2, 0.25) is 0 Å². The lowest BCUT2D eigenvalue weighted by atomic mass is 10.1. The predicted octanol–water partition coefficient (Wildman–Crippen LogP) is 0.965. The van der Waals surface area contributed by atoms with Crippen molar-refractivity contribution in [2.75, 3.05) is 18.4 Å². The van der Waals surface area contributed by atoms with Crippen molar-refractivity contribution in [1.82, 2.24) is 25.5 Å². The van der Waals surface area contributed by atoms with Crippen LogP contribution in [-0.4, -0.2) is 39.3 Å². The lowest BCUT2D eigenvalue weighted by molar-refractivity contribution is 0.477. The fourth-order valence-electron chi connectivity index (χ4n) is 2.24. The molecule has 0 bridgehead atoms. The molecule has 7 heteroatoms. The summed E-state index contributed by atoms with van der Waals surface area (Å²) in [5, 5.41) is 17.5. The molecule has 1 atom stereocenters. The minimum atomic E-state index is -0.262. The third-order valence-corrected chi connectivity index (χ3v) is 3.22. The number of rotatable bonds is 3. The highest BCUT2D eigenvalue weighted by atomic mass is 19.1. The van der Waals surface area contributed by atoms with Gasteiger partial charge in [0, 0.05) is 12.6 Å². The maximum atomic E-state index is 13.8. The van der Waals surface area contributed by atoms with Crippen LogP contribution in [0.1, 0.15) is 12.8 Å². The number of nitrogens with one attached hydrogen (secondary N) is 2. The third-order valence-electron chi connectivity index (χ3n) is 3.22. The number of tetrazole rings is 1. The van der Waals surface area contributed by atoms with Crippen molar-refractivity contribution in [3.63, 3.8) is 0 Å². The number of aromatic nitrogens is 4. The van der Waals surface area contributed by atoms with Crippen molar-refractivity contribution in [2.24, 2.45) is 0 Å². The summed E-state index contributed by atoms with van der Waals surface area (Å²) >= 11 is 0. The molecule has 0 spiro atoms. The Balaban J connectivity index is 1.81. The molecule has 1 unspecified atom stereocenters. The van der Waals surface area contributed by atoms with E-state index in [2.05, 4.69) is 26.2 Å². The summed E-state index contributed by atoms with van der Waals surface area (Å²) in [5.41, 5.74) is 1.22. The Morgan fingerprint density at radius 2 is 2.37 bits per heavy atom. The Hall–Kier alpha value is -2.02. The number of halogens is 1. The van der Waals surface area contributed by atoms with Crippen molar-refractivity contribution in [3.05, 3.63) is 30.3 Å².